The van der Waals surface area contributed by atoms with E-state index in [0.717, 1.165) is 38.9 Å². The molecule has 0 N–H and O–H groups in total. The fourth-order valence-electron chi connectivity index (χ4n) is 9.22. The second-order valence-electron chi connectivity index (χ2n) is 18.3. The Hall–Kier alpha value is -5.86. The third-order valence-corrected chi connectivity index (χ3v) is 13.0. The van der Waals surface area contributed by atoms with E-state index in [2.05, 4.69) is 60.7 Å². The molecule has 72 heavy (non-hydrogen) atoms. The molecule has 5 unspecified atom stereocenters. The number of hydrogen-bond acceptors (Lipinski definition) is 10. The molecule has 7 aromatic rings. The lowest BCUT2D eigenvalue weighted by molar-refractivity contribution is -0.361. The molecule has 9 rings (SSSR count). The molecule has 2 fully saturated rings. The van der Waals surface area contributed by atoms with Crippen molar-refractivity contribution in [2.75, 3.05) is 13.2 Å². The van der Waals surface area contributed by atoms with Gasteiger partial charge < -0.3 is 47.4 Å². The van der Waals surface area contributed by atoms with Gasteiger partial charge in [-0.25, -0.2) is 0 Å². The summed E-state index contributed by atoms with van der Waals surface area (Å²) in [6.07, 6.45) is -6.88. The molecule has 2 aliphatic rings. The Bertz CT molecular complexity index is 2540. The molecule has 374 valence electrons. The van der Waals surface area contributed by atoms with Crippen LogP contribution in [-0.4, -0.2) is 74.4 Å². The fraction of sp³-hybridized carbons (Fsp3) is 0.323. The van der Waals surface area contributed by atoms with Crippen molar-refractivity contribution in [3.63, 3.8) is 0 Å². The second kappa shape index (κ2) is 27.3. The molecule has 0 bridgehead atoms. The lowest BCUT2D eigenvalue weighted by Crippen LogP contribution is -2.65. The van der Waals surface area contributed by atoms with E-state index in [4.69, 9.17) is 47.4 Å². The maximum absolute atomic E-state index is 7.43. The Morgan fingerprint density at radius 2 is 0.556 bits per heavy atom. The highest BCUT2D eigenvalue weighted by Gasteiger charge is 2.53. The van der Waals surface area contributed by atoms with Crippen LogP contribution in [0, 0.1) is 0 Å². The van der Waals surface area contributed by atoms with Gasteiger partial charge in [-0.15, -0.1) is 0 Å². The van der Waals surface area contributed by atoms with E-state index in [9.17, 15) is 0 Å². The topological polar surface area (TPSA) is 92.3 Å². The average molecular weight is 971 g/mol. The van der Waals surface area contributed by atoms with E-state index in [0.29, 0.717) is 33.0 Å². The maximum atomic E-state index is 7.43. The molecule has 0 radical (unpaired) electrons. The largest absolute Gasteiger partial charge is 0.374 e. The lowest BCUT2D eigenvalue weighted by atomic mass is 9.94. The van der Waals surface area contributed by atoms with E-state index in [-0.39, 0.29) is 26.4 Å². The third kappa shape index (κ3) is 14.9. The Kier molecular flexibility index (Phi) is 19.3. The Morgan fingerprint density at radius 3 is 0.889 bits per heavy atom. The van der Waals surface area contributed by atoms with Crippen LogP contribution >= 0.6 is 0 Å². The van der Waals surface area contributed by atoms with Crippen LogP contribution in [0.25, 0.3) is 0 Å². The minimum absolute atomic E-state index is 0.180. The zero-order valence-corrected chi connectivity index (χ0v) is 40.9. The van der Waals surface area contributed by atoms with Crippen molar-refractivity contribution in [2.24, 2.45) is 0 Å². The van der Waals surface area contributed by atoms with E-state index >= 15 is 0 Å². The number of hydrogen-bond donors (Lipinski definition) is 0. The number of benzene rings is 7. The summed E-state index contributed by atoms with van der Waals surface area (Å²) >= 11 is 0. The predicted octanol–water partition coefficient (Wildman–Crippen LogP) is 11.2. The molecule has 0 spiro atoms. The minimum atomic E-state index is -1.02. The van der Waals surface area contributed by atoms with E-state index < -0.39 is 61.2 Å². The van der Waals surface area contributed by atoms with Crippen molar-refractivity contribution < 1.29 is 47.4 Å². The second-order valence-corrected chi connectivity index (χ2v) is 18.3. The van der Waals surface area contributed by atoms with Gasteiger partial charge >= 0.3 is 0 Å². The Labute approximate surface area is 424 Å². The maximum Gasteiger partial charge on any atom is 0.187 e. The summed E-state index contributed by atoms with van der Waals surface area (Å²) in [4.78, 5) is 0. The highest BCUT2D eigenvalue weighted by molar-refractivity contribution is 5.19. The lowest BCUT2D eigenvalue weighted by Gasteiger charge is -2.50. The normalized spacial score (nSPS) is 24.2. The van der Waals surface area contributed by atoms with Gasteiger partial charge in [-0.1, -0.05) is 212 Å². The molecule has 2 heterocycles. The summed E-state index contributed by atoms with van der Waals surface area (Å²) in [7, 11) is 0. The zero-order chi connectivity index (χ0) is 49.0. The number of rotatable bonds is 25. The first-order valence-electron chi connectivity index (χ1n) is 25.1. The van der Waals surface area contributed by atoms with E-state index in [1.165, 1.54) is 0 Å². The first-order valence-corrected chi connectivity index (χ1v) is 25.1. The summed E-state index contributed by atoms with van der Waals surface area (Å²) in [6, 6.07) is 70.9. The SMILES string of the molecule is CC1OC(COCc2ccccc2)[C@H](OCc2ccccc2)C(OCc2ccccc2)[C@H]1O[C@@H]1OC(COCc2ccccc2)[C@H](OCc2ccccc2)C(OCc2ccccc2)[C@H]1OCc1ccccc1. The molecule has 0 aliphatic carbocycles. The van der Waals surface area contributed by atoms with Crippen LogP contribution in [0.5, 0.6) is 0 Å². The third-order valence-electron chi connectivity index (χ3n) is 13.0. The molecule has 0 saturated carbocycles. The summed E-state index contributed by atoms with van der Waals surface area (Å²) < 4.78 is 69.7. The van der Waals surface area contributed by atoms with Gasteiger partial charge in [0.05, 0.1) is 65.6 Å². The van der Waals surface area contributed by atoms with Gasteiger partial charge in [0.2, 0.25) is 0 Å². The highest BCUT2D eigenvalue weighted by atomic mass is 16.7. The Balaban J connectivity index is 1.07. The molecule has 0 amide bonds. The van der Waals surface area contributed by atoms with Crippen LogP contribution in [0.15, 0.2) is 212 Å². The molecular weight excluding hydrogens is 905 g/mol. The van der Waals surface area contributed by atoms with Gasteiger partial charge in [0.1, 0.15) is 48.8 Å². The van der Waals surface area contributed by atoms with Crippen LogP contribution in [0.1, 0.15) is 45.9 Å². The van der Waals surface area contributed by atoms with Crippen LogP contribution in [0.4, 0.5) is 0 Å². The fourth-order valence-corrected chi connectivity index (χ4v) is 9.22. The van der Waals surface area contributed by atoms with Gasteiger partial charge in [-0.3, -0.25) is 0 Å². The minimum Gasteiger partial charge on any atom is -0.374 e. The van der Waals surface area contributed by atoms with Crippen molar-refractivity contribution in [1.82, 2.24) is 0 Å². The van der Waals surface area contributed by atoms with Crippen LogP contribution < -0.4 is 0 Å². The molecule has 10 atom stereocenters. The predicted molar refractivity (Wildman–Crippen MR) is 275 cm³/mol. The standard InChI is InChI=1S/C62H66O10/c1-46-56(59(67-41-51-31-17-6-18-32-51)57(65-39-49-27-13-4-14-28-49)54(70-46)44-63-37-47-23-9-2-10-24-47)72-62-61(69-43-53-35-21-8-22-36-53)60(68-42-52-33-19-7-20-34-52)58(66-40-50-29-15-5-16-30-50)55(71-62)45-64-38-48-25-11-3-12-26-48/h2-36,46,54-62H,37-45H2,1H3/t46?,54?,55?,56-,57-,58-,59?,60?,61+,62-/m0/s1. The quantitative estimate of drug-likeness (QED) is 0.0551. The molecule has 10 nitrogen and oxygen atoms in total. The molecule has 0 aromatic heterocycles. The van der Waals surface area contributed by atoms with Gasteiger partial charge in [0, 0.05) is 0 Å². The van der Waals surface area contributed by atoms with Crippen LogP contribution in [-0.2, 0) is 93.6 Å². The van der Waals surface area contributed by atoms with Crippen LogP contribution in [0.3, 0.4) is 0 Å². The van der Waals surface area contributed by atoms with Gasteiger partial charge in [0.25, 0.3) is 0 Å². The molecule has 7 aromatic carbocycles. The summed E-state index contributed by atoms with van der Waals surface area (Å²) in [5, 5.41) is 0. The highest BCUT2D eigenvalue weighted by Crippen LogP contribution is 2.36. The summed E-state index contributed by atoms with van der Waals surface area (Å²) in [5.74, 6) is 0. The van der Waals surface area contributed by atoms with Crippen molar-refractivity contribution in [2.45, 2.75) is 114 Å². The van der Waals surface area contributed by atoms with Crippen molar-refractivity contribution in [3.05, 3.63) is 251 Å². The van der Waals surface area contributed by atoms with Crippen molar-refractivity contribution >= 4 is 0 Å². The number of ether oxygens (including phenoxy) is 10. The zero-order valence-electron chi connectivity index (χ0n) is 40.9. The molecular formula is C62H66O10. The monoisotopic (exact) mass is 970 g/mol. The first-order chi connectivity index (χ1) is 35.6. The van der Waals surface area contributed by atoms with Gasteiger partial charge in [-0.05, 0) is 45.9 Å². The molecule has 2 saturated heterocycles. The Morgan fingerprint density at radius 1 is 0.292 bits per heavy atom. The smallest absolute Gasteiger partial charge is 0.187 e. The summed E-state index contributed by atoms with van der Waals surface area (Å²) in [6.45, 7) is 4.71. The summed E-state index contributed by atoms with van der Waals surface area (Å²) in [5.41, 5.74) is 7.13. The molecule has 2 aliphatic heterocycles. The van der Waals surface area contributed by atoms with E-state index in [1.807, 2.05) is 159 Å². The van der Waals surface area contributed by atoms with E-state index in [1.54, 1.807) is 0 Å². The van der Waals surface area contributed by atoms with Gasteiger partial charge in [-0.2, -0.15) is 0 Å². The van der Waals surface area contributed by atoms with Crippen molar-refractivity contribution in [1.29, 1.82) is 0 Å². The molecule has 10 heteroatoms. The van der Waals surface area contributed by atoms with Gasteiger partial charge in [0.15, 0.2) is 6.29 Å². The van der Waals surface area contributed by atoms with Crippen LogP contribution in [0.2, 0.25) is 0 Å². The average Bonchev–Trinajstić information content (AvgIpc) is 3.43. The first kappa shape index (κ1) is 51.1. The van der Waals surface area contributed by atoms with Crippen molar-refractivity contribution in [3.8, 4) is 0 Å².